The molecule has 7 nitrogen and oxygen atoms in total. The van der Waals surface area contributed by atoms with Crippen LogP contribution in [0.5, 0.6) is 5.75 Å². The van der Waals surface area contributed by atoms with Gasteiger partial charge in [0.15, 0.2) is 17.2 Å². The molecule has 0 unspecified atom stereocenters. The van der Waals surface area contributed by atoms with Crippen LogP contribution in [0.1, 0.15) is 29.9 Å². The molecule has 3 heterocycles. The number of fused-ring (bicyclic) bond motifs is 1. The number of halogens is 1. The van der Waals surface area contributed by atoms with Gasteiger partial charge in [0.05, 0.1) is 16.6 Å². The van der Waals surface area contributed by atoms with Crippen LogP contribution in [0.2, 0.25) is 0 Å². The molecule has 0 aliphatic carbocycles. The van der Waals surface area contributed by atoms with Gasteiger partial charge < -0.3 is 15.3 Å². The Bertz CT molecular complexity index is 1080. The minimum absolute atomic E-state index is 0.0809. The van der Waals surface area contributed by atoms with Gasteiger partial charge >= 0.3 is 0 Å². The number of H-pyrrole nitrogens is 1. The van der Waals surface area contributed by atoms with Crippen LogP contribution in [0.3, 0.4) is 0 Å². The van der Waals surface area contributed by atoms with E-state index in [4.69, 9.17) is 0 Å². The number of nitrogens with zero attached hydrogens (tertiary/aromatic N) is 3. The molecule has 2 aromatic heterocycles. The van der Waals surface area contributed by atoms with Crippen molar-refractivity contribution in [2.24, 2.45) is 5.92 Å². The van der Waals surface area contributed by atoms with E-state index in [0.717, 1.165) is 18.8 Å². The van der Waals surface area contributed by atoms with Crippen LogP contribution >= 0.6 is 0 Å². The van der Waals surface area contributed by atoms with Crippen LogP contribution < -0.4 is 5.32 Å². The molecular formula is C21H24FN5O2. The fourth-order valence-corrected chi connectivity index (χ4v) is 3.89. The first-order chi connectivity index (χ1) is 13.9. The summed E-state index contributed by atoms with van der Waals surface area (Å²) in [7, 11) is 0. The Labute approximate surface area is 167 Å². The molecule has 3 aromatic rings. The third kappa shape index (κ3) is 3.44. The van der Waals surface area contributed by atoms with E-state index in [0.29, 0.717) is 40.3 Å². The summed E-state index contributed by atoms with van der Waals surface area (Å²) in [5.41, 5.74) is 2.57. The van der Waals surface area contributed by atoms with Crippen molar-refractivity contribution in [2.45, 2.75) is 26.8 Å². The largest absolute Gasteiger partial charge is 0.505 e. The quantitative estimate of drug-likeness (QED) is 0.632. The van der Waals surface area contributed by atoms with Crippen LogP contribution in [0, 0.1) is 18.7 Å². The summed E-state index contributed by atoms with van der Waals surface area (Å²) in [6.45, 7) is 8.17. The number of aromatic nitrogens is 3. The van der Waals surface area contributed by atoms with Crippen molar-refractivity contribution in [3.05, 3.63) is 41.3 Å². The summed E-state index contributed by atoms with van der Waals surface area (Å²) in [6, 6.07) is 5.83. The van der Waals surface area contributed by atoms with Crippen molar-refractivity contribution in [2.75, 3.05) is 19.6 Å². The summed E-state index contributed by atoms with van der Waals surface area (Å²) in [5.74, 6) is -0.942. The zero-order valence-electron chi connectivity index (χ0n) is 16.7. The van der Waals surface area contributed by atoms with Crippen LogP contribution in [-0.4, -0.2) is 56.8 Å². The number of piperazine rings is 1. The van der Waals surface area contributed by atoms with E-state index >= 15 is 0 Å². The zero-order valence-corrected chi connectivity index (χ0v) is 16.7. The molecule has 1 aliphatic heterocycles. The molecular weight excluding hydrogens is 373 g/mol. The van der Waals surface area contributed by atoms with Gasteiger partial charge in [-0.1, -0.05) is 13.8 Å². The number of hydrogen-bond donors (Lipinski definition) is 3. The maximum atomic E-state index is 13.9. The van der Waals surface area contributed by atoms with Gasteiger partial charge in [-0.3, -0.25) is 9.89 Å². The number of carbonyl (C=O) groups is 1. The number of aromatic hydroxyl groups is 1. The molecule has 4 rings (SSSR count). The Morgan fingerprint density at radius 2 is 2.14 bits per heavy atom. The molecule has 8 heteroatoms. The lowest BCUT2D eigenvalue weighted by Crippen LogP contribution is -2.55. The number of carbonyl (C=O) groups excluding carboxylic acids is 1. The highest BCUT2D eigenvalue weighted by atomic mass is 19.1. The van der Waals surface area contributed by atoms with Crippen LogP contribution in [0.15, 0.2) is 24.3 Å². The topological polar surface area (TPSA) is 94.1 Å². The first kappa shape index (κ1) is 19.3. The number of aryl methyl sites for hydroxylation is 1. The molecule has 152 valence electrons. The second-order valence-corrected chi connectivity index (χ2v) is 7.78. The Balaban J connectivity index is 1.85. The zero-order chi connectivity index (χ0) is 20.7. The number of hydrogen-bond acceptors (Lipinski definition) is 5. The number of rotatable bonds is 3. The van der Waals surface area contributed by atoms with Gasteiger partial charge in [-0.2, -0.15) is 5.10 Å². The molecule has 1 aromatic carbocycles. The molecule has 0 bridgehead atoms. The third-order valence-electron chi connectivity index (χ3n) is 5.49. The first-order valence-corrected chi connectivity index (χ1v) is 9.73. The molecule has 1 aliphatic rings. The maximum Gasteiger partial charge on any atom is 0.255 e. The Morgan fingerprint density at radius 3 is 2.86 bits per heavy atom. The summed E-state index contributed by atoms with van der Waals surface area (Å²) >= 11 is 0. The van der Waals surface area contributed by atoms with Gasteiger partial charge in [-0.25, -0.2) is 9.37 Å². The van der Waals surface area contributed by atoms with Crippen molar-refractivity contribution in [3.63, 3.8) is 0 Å². The second kappa shape index (κ2) is 7.44. The second-order valence-electron chi connectivity index (χ2n) is 7.78. The monoisotopic (exact) mass is 397 g/mol. The third-order valence-corrected chi connectivity index (χ3v) is 5.49. The Kier molecular flexibility index (Phi) is 4.96. The predicted octanol–water partition coefficient (Wildman–Crippen LogP) is 2.85. The molecule has 1 saturated heterocycles. The summed E-state index contributed by atoms with van der Waals surface area (Å²) < 4.78 is 13.9. The Morgan fingerprint density at radius 1 is 1.34 bits per heavy atom. The van der Waals surface area contributed by atoms with E-state index in [1.165, 1.54) is 12.1 Å². The van der Waals surface area contributed by atoms with Crippen LogP contribution in [-0.2, 0) is 0 Å². The first-order valence-electron chi connectivity index (χ1n) is 9.73. The number of phenols is 1. The normalized spacial score (nSPS) is 17.3. The van der Waals surface area contributed by atoms with Gasteiger partial charge in [0.2, 0.25) is 0 Å². The molecule has 1 atom stereocenters. The number of benzene rings is 1. The van der Waals surface area contributed by atoms with Crippen molar-refractivity contribution >= 4 is 16.9 Å². The molecule has 3 N–H and O–H groups in total. The van der Waals surface area contributed by atoms with E-state index < -0.39 is 11.6 Å². The highest BCUT2D eigenvalue weighted by molar-refractivity contribution is 6.07. The molecule has 0 spiro atoms. The van der Waals surface area contributed by atoms with Gasteiger partial charge in [0.25, 0.3) is 5.91 Å². The summed E-state index contributed by atoms with van der Waals surface area (Å²) in [4.78, 5) is 20.0. The highest BCUT2D eigenvalue weighted by Crippen LogP contribution is 2.30. The number of amides is 1. The van der Waals surface area contributed by atoms with Gasteiger partial charge in [0.1, 0.15) is 0 Å². The van der Waals surface area contributed by atoms with Gasteiger partial charge in [0, 0.05) is 36.9 Å². The van der Waals surface area contributed by atoms with E-state index in [1.807, 2.05) is 11.8 Å². The van der Waals surface area contributed by atoms with E-state index in [9.17, 15) is 14.3 Å². The predicted molar refractivity (Wildman–Crippen MR) is 108 cm³/mol. The highest BCUT2D eigenvalue weighted by Gasteiger charge is 2.31. The van der Waals surface area contributed by atoms with Gasteiger partial charge in [-0.05, 0) is 37.1 Å². The lowest BCUT2D eigenvalue weighted by molar-refractivity contribution is 0.0575. The van der Waals surface area contributed by atoms with Crippen molar-refractivity contribution < 1.29 is 14.3 Å². The molecule has 29 heavy (non-hydrogen) atoms. The molecule has 0 saturated carbocycles. The van der Waals surface area contributed by atoms with Crippen molar-refractivity contribution in [1.29, 1.82) is 0 Å². The average molecular weight is 397 g/mol. The minimum atomic E-state index is -0.738. The fraction of sp³-hybridized carbons (Fsp3) is 0.381. The number of aromatic amines is 1. The maximum absolute atomic E-state index is 13.9. The molecule has 0 radical (unpaired) electrons. The van der Waals surface area contributed by atoms with Gasteiger partial charge in [-0.15, -0.1) is 0 Å². The number of pyridine rings is 1. The minimum Gasteiger partial charge on any atom is -0.505 e. The lowest BCUT2D eigenvalue weighted by Gasteiger charge is -2.38. The van der Waals surface area contributed by atoms with Crippen LogP contribution in [0.4, 0.5) is 4.39 Å². The average Bonchev–Trinajstić information content (AvgIpc) is 3.09. The summed E-state index contributed by atoms with van der Waals surface area (Å²) in [5, 5.41) is 20.6. The van der Waals surface area contributed by atoms with Crippen LogP contribution in [0.25, 0.3) is 22.3 Å². The lowest BCUT2D eigenvalue weighted by atomic mass is 9.98. The summed E-state index contributed by atoms with van der Waals surface area (Å²) in [6.07, 6.45) is 0. The number of nitrogens with one attached hydrogen (secondary N) is 2. The standard InChI is InChI=1S/C21H24FN5O2/c1-11(2)17-10-23-6-7-27(17)21(29)14-9-16(13-4-5-18(28)15(22)8-13)24-20-19(14)12(3)25-26-20/h4-5,8-9,11,17,23,28H,6-7,10H2,1-3H3,(H,24,25,26)/t17-/m1/s1. The number of phenolic OH excluding ortho intramolecular Hbond substituents is 1. The molecule has 1 fully saturated rings. The van der Waals surface area contributed by atoms with E-state index in [-0.39, 0.29) is 11.9 Å². The van der Waals surface area contributed by atoms with Crippen molar-refractivity contribution in [1.82, 2.24) is 25.4 Å². The smallest absolute Gasteiger partial charge is 0.255 e. The SMILES string of the molecule is Cc1[nH]nc2nc(-c3ccc(O)c(F)c3)cc(C(=O)N3CCNC[C@@H]3C(C)C)c12. The van der Waals surface area contributed by atoms with E-state index in [1.54, 1.807) is 12.1 Å². The van der Waals surface area contributed by atoms with E-state index in [2.05, 4.69) is 34.3 Å². The Hall–Kier alpha value is -3.00. The fourth-order valence-electron chi connectivity index (χ4n) is 3.89. The van der Waals surface area contributed by atoms with Crippen molar-refractivity contribution in [3.8, 4) is 17.0 Å². The molecule has 1 amide bonds.